The average Bonchev–Trinajstić information content (AvgIpc) is 2.78. The Morgan fingerprint density at radius 1 is 1.57 bits per heavy atom. The lowest BCUT2D eigenvalue weighted by Crippen LogP contribution is -2.32. The van der Waals surface area contributed by atoms with Crippen LogP contribution >= 0.6 is 23.5 Å². The van der Waals surface area contributed by atoms with E-state index in [9.17, 15) is 4.79 Å². The number of rotatable bonds is 2. The zero-order chi connectivity index (χ0) is 10.0. The molecule has 0 aliphatic carbocycles. The molecule has 0 saturated carbocycles. The molecule has 0 aromatic carbocycles. The molecule has 0 unspecified atom stereocenters. The number of hydrogen-bond donors (Lipinski definition) is 1. The van der Waals surface area contributed by atoms with Crippen molar-refractivity contribution in [2.45, 2.75) is 23.5 Å². The molecule has 2 heterocycles. The van der Waals surface area contributed by atoms with E-state index in [1.807, 2.05) is 30.4 Å². The first kappa shape index (κ1) is 10.6. The van der Waals surface area contributed by atoms with E-state index in [0.717, 1.165) is 13.0 Å². The standard InChI is InChI=1S/C9H15NO2S2/c1-2-12-8(11)7-5-9(6-10-7)13-3-4-14-9/h7,10H,2-6H2,1H3/t7-/m0/s1. The lowest BCUT2D eigenvalue weighted by Gasteiger charge is -2.18. The van der Waals surface area contributed by atoms with Gasteiger partial charge in [-0.25, -0.2) is 0 Å². The van der Waals surface area contributed by atoms with Crippen LogP contribution in [0.15, 0.2) is 0 Å². The number of nitrogens with one attached hydrogen (secondary N) is 1. The summed E-state index contributed by atoms with van der Waals surface area (Å²) in [5.74, 6) is 2.33. The van der Waals surface area contributed by atoms with E-state index < -0.39 is 0 Å². The Hall–Kier alpha value is 0.130. The number of carbonyl (C=O) groups is 1. The lowest BCUT2D eigenvalue weighted by atomic mass is 10.2. The fourth-order valence-electron chi connectivity index (χ4n) is 1.86. The highest BCUT2D eigenvalue weighted by Gasteiger charge is 2.45. The smallest absolute Gasteiger partial charge is 0.323 e. The summed E-state index contributed by atoms with van der Waals surface area (Å²) < 4.78 is 5.27. The number of ether oxygens (including phenoxy) is 1. The van der Waals surface area contributed by atoms with E-state index >= 15 is 0 Å². The molecule has 5 heteroatoms. The number of esters is 1. The number of carbonyl (C=O) groups excluding carboxylic acids is 1. The molecule has 2 aliphatic rings. The quantitative estimate of drug-likeness (QED) is 0.723. The van der Waals surface area contributed by atoms with Crippen LogP contribution < -0.4 is 5.32 Å². The van der Waals surface area contributed by atoms with Crippen molar-refractivity contribution in [2.75, 3.05) is 24.7 Å². The first-order valence-corrected chi connectivity index (χ1v) is 6.91. The molecule has 1 spiro atoms. The monoisotopic (exact) mass is 233 g/mol. The van der Waals surface area contributed by atoms with E-state index in [4.69, 9.17) is 4.74 Å². The highest BCUT2D eigenvalue weighted by Crippen LogP contribution is 2.49. The van der Waals surface area contributed by atoms with Crippen molar-refractivity contribution in [3.05, 3.63) is 0 Å². The summed E-state index contributed by atoms with van der Waals surface area (Å²) in [7, 11) is 0. The fraction of sp³-hybridized carbons (Fsp3) is 0.889. The molecule has 2 rings (SSSR count). The molecular formula is C9H15NO2S2. The van der Waals surface area contributed by atoms with Crippen molar-refractivity contribution in [2.24, 2.45) is 0 Å². The Bertz CT molecular complexity index is 229. The van der Waals surface area contributed by atoms with Crippen LogP contribution in [0.25, 0.3) is 0 Å². The van der Waals surface area contributed by atoms with E-state index in [0.29, 0.717) is 6.61 Å². The second-order valence-corrected chi connectivity index (χ2v) is 6.71. The molecule has 14 heavy (non-hydrogen) atoms. The molecule has 0 radical (unpaired) electrons. The average molecular weight is 233 g/mol. The third-order valence-corrected chi connectivity index (χ3v) is 5.97. The van der Waals surface area contributed by atoms with Crippen molar-refractivity contribution in [3.8, 4) is 0 Å². The second-order valence-electron chi connectivity index (χ2n) is 3.50. The van der Waals surface area contributed by atoms with Crippen molar-refractivity contribution in [1.29, 1.82) is 0 Å². The molecule has 3 nitrogen and oxygen atoms in total. The van der Waals surface area contributed by atoms with Crippen molar-refractivity contribution in [1.82, 2.24) is 5.32 Å². The minimum atomic E-state index is -0.0857. The van der Waals surface area contributed by atoms with Crippen LogP contribution in [0.1, 0.15) is 13.3 Å². The van der Waals surface area contributed by atoms with Crippen LogP contribution in [0.3, 0.4) is 0 Å². The van der Waals surface area contributed by atoms with Crippen molar-refractivity contribution >= 4 is 29.5 Å². The lowest BCUT2D eigenvalue weighted by molar-refractivity contribution is -0.145. The van der Waals surface area contributed by atoms with Crippen LogP contribution in [0.2, 0.25) is 0 Å². The van der Waals surface area contributed by atoms with Crippen LogP contribution in [0.4, 0.5) is 0 Å². The van der Waals surface area contributed by atoms with Crippen LogP contribution in [0.5, 0.6) is 0 Å². The van der Waals surface area contributed by atoms with Crippen LogP contribution in [-0.4, -0.2) is 40.7 Å². The summed E-state index contributed by atoms with van der Waals surface area (Å²) in [5.41, 5.74) is 0. The summed E-state index contributed by atoms with van der Waals surface area (Å²) in [6.07, 6.45) is 0.918. The summed E-state index contributed by atoms with van der Waals surface area (Å²) >= 11 is 3.97. The molecule has 0 amide bonds. The Labute approximate surface area is 92.7 Å². The highest BCUT2D eigenvalue weighted by atomic mass is 32.2. The molecule has 2 fully saturated rings. The van der Waals surface area contributed by atoms with Gasteiger partial charge >= 0.3 is 5.97 Å². The summed E-state index contributed by atoms with van der Waals surface area (Å²) in [6.45, 7) is 3.26. The van der Waals surface area contributed by atoms with Crippen LogP contribution in [-0.2, 0) is 9.53 Å². The third-order valence-electron chi connectivity index (χ3n) is 2.52. The van der Waals surface area contributed by atoms with E-state index in [-0.39, 0.29) is 16.1 Å². The van der Waals surface area contributed by atoms with E-state index in [1.54, 1.807) is 0 Å². The van der Waals surface area contributed by atoms with Crippen LogP contribution in [0, 0.1) is 0 Å². The zero-order valence-corrected chi connectivity index (χ0v) is 9.88. The van der Waals surface area contributed by atoms with Gasteiger partial charge in [-0.05, 0) is 13.3 Å². The van der Waals surface area contributed by atoms with Gasteiger partial charge in [-0.1, -0.05) is 0 Å². The summed E-state index contributed by atoms with van der Waals surface area (Å²) in [4.78, 5) is 11.5. The minimum absolute atomic E-state index is 0.0759. The normalized spacial score (nSPS) is 29.6. The maximum absolute atomic E-state index is 11.5. The molecule has 1 atom stereocenters. The number of hydrogen-bond acceptors (Lipinski definition) is 5. The molecule has 0 bridgehead atoms. The predicted octanol–water partition coefficient (Wildman–Crippen LogP) is 1.09. The SMILES string of the molecule is CCOC(=O)[C@@H]1CC2(CN1)SCCS2. The Balaban J connectivity index is 1.90. The molecule has 0 aromatic heterocycles. The first-order chi connectivity index (χ1) is 6.76. The van der Waals surface area contributed by atoms with Crippen molar-refractivity contribution in [3.63, 3.8) is 0 Å². The van der Waals surface area contributed by atoms with Gasteiger partial charge in [0.2, 0.25) is 0 Å². The highest BCUT2D eigenvalue weighted by molar-refractivity contribution is 8.21. The molecule has 0 aromatic rings. The minimum Gasteiger partial charge on any atom is -0.465 e. The van der Waals surface area contributed by atoms with Gasteiger partial charge in [0.15, 0.2) is 0 Å². The van der Waals surface area contributed by atoms with Gasteiger partial charge in [0.1, 0.15) is 6.04 Å². The van der Waals surface area contributed by atoms with Gasteiger partial charge in [0.05, 0.1) is 10.7 Å². The van der Waals surface area contributed by atoms with Gasteiger partial charge in [-0.15, -0.1) is 23.5 Å². The Morgan fingerprint density at radius 2 is 2.29 bits per heavy atom. The van der Waals surface area contributed by atoms with Gasteiger partial charge in [0, 0.05) is 18.1 Å². The molecular weight excluding hydrogens is 218 g/mol. The molecule has 2 saturated heterocycles. The second kappa shape index (κ2) is 4.33. The largest absolute Gasteiger partial charge is 0.465 e. The number of thioether (sulfide) groups is 2. The Morgan fingerprint density at radius 3 is 2.93 bits per heavy atom. The molecule has 1 N–H and O–H groups in total. The predicted molar refractivity (Wildman–Crippen MR) is 60.7 cm³/mol. The van der Waals surface area contributed by atoms with E-state index in [2.05, 4.69) is 5.32 Å². The fourth-order valence-corrected chi connectivity index (χ4v) is 5.04. The summed E-state index contributed by atoms with van der Waals surface area (Å²) in [6, 6.07) is -0.0759. The van der Waals surface area contributed by atoms with Gasteiger partial charge < -0.3 is 10.1 Å². The van der Waals surface area contributed by atoms with Gasteiger partial charge in [-0.3, -0.25) is 4.79 Å². The maximum atomic E-state index is 11.5. The third kappa shape index (κ3) is 2.04. The topological polar surface area (TPSA) is 38.3 Å². The first-order valence-electron chi connectivity index (χ1n) is 4.94. The van der Waals surface area contributed by atoms with Crippen molar-refractivity contribution < 1.29 is 9.53 Å². The van der Waals surface area contributed by atoms with Gasteiger partial charge in [-0.2, -0.15) is 0 Å². The molecule has 2 aliphatic heterocycles. The molecule has 80 valence electrons. The zero-order valence-electron chi connectivity index (χ0n) is 8.25. The summed E-state index contributed by atoms with van der Waals surface area (Å²) in [5, 5.41) is 3.26. The van der Waals surface area contributed by atoms with E-state index in [1.165, 1.54) is 11.5 Å². The van der Waals surface area contributed by atoms with Gasteiger partial charge in [0.25, 0.3) is 0 Å². The Kier molecular flexibility index (Phi) is 3.29. The maximum Gasteiger partial charge on any atom is 0.323 e.